The number of hydrogen-bond acceptors (Lipinski definition) is 0. The van der Waals surface area contributed by atoms with E-state index in [9.17, 15) is 0 Å². The molecule has 0 bridgehead atoms. The highest BCUT2D eigenvalue weighted by molar-refractivity contribution is 4.96. The van der Waals surface area contributed by atoms with Crippen LogP contribution in [0.1, 0.15) is 89.9 Å². The summed E-state index contributed by atoms with van der Waals surface area (Å²) in [6.45, 7) is 0. The Labute approximate surface area is 126 Å². The molecular weight excluding hydrogens is 240 g/mol. The zero-order valence-corrected chi connectivity index (χ0v) is 13.4. The van der Waals surface area contributed by atoms with E-state index in [-0.39, 0.29) is 0 Å². The summed E-state index contributed by atoms with van der Waals surface area (Å²) in [7, 11) is 0. The van der Waals surface area contributed by atoms with E-state index < -0.39 is 0 Å². The standard InChI is InChI=1S/C20H34/c1-2-6-15(7-3-1)12-16-10-11-18-14-17-8-4-5-9-19(17)20(18)13-16/h15-20H,1-14H2. The fourth-order valence-electron chi connectivity index (χ4n) is 6.77. The van der Waals surface area contributed by atoms with Gasteiger partial charge in [0.25, 0.3) is 0 Å². The molecule has 5 unspecified atom stereocenters. The van der Waals surface area contributed by atoms with E-state index in [1.165, 1.54) is 31.1 Å². The van der Waals surface area contributed by atoms with Gasteiger partial charge in [-0.1, -0.05) is 57.8 Å². The molecule has 0 N–H and O–H groups in total. The Morgan fingerprint density at radius 2 is 1.25 bits per heavy atom. The smallest absolute Gasteiger partial charge is 0.0352 e. The van der Waals surface area contributed by atoms with Gasteiger partial charge >= 0.3 is 0 Å². The topological polar surface area (TPSA) is 0 Å². The Hall–Kier alpha value is 0. The number of fused-ring (bicyclic) bond motifs is 3. The maximum Gasteiger partial charge on any atom is -0.0352 e. The first-order valence-electron chi connectivity index (χ1n) is 9.90. The monoisotopic (exact) mass is 274 g/mol. The predicted octanol–water partition coefficient (Wildman–Crippen LogP) is 6.20. The van der Waals surface area contributed by atoms with Crippen molar-refractivity contribution in [2.45, 2.75) is 89.9 Å². The zero-order valence-electron chi connectivity index (χ0n) is 13.4. The summed E-state index contributed by atoms with van der Waals surface area (Å²) < 4.78 is 0. The average molecular weight is 274 g/mol. The molecule has 20 heavy (non-hydrogen) atoms. The fraction of sp³-hybridized carbons (Fsp3) is 1.00. The van der Waals surface area contributed by atoms with E-state index in [0.717, 1.165) is 23.7 Å². The van der Waals surface area contributed by atoms with Crippen molar-refractivity contribution in [2.75, 3.05) is 0 Å². The Bertz CT molecular complexity index is 314. The Balaban J connectivity index is 1.35. The summed E-state index contributed by atoms with van der Waals surface area (Å²) in [6.07, 6.45) is 22.1. The second-order valence-corrected chi connectivity index (χ2v) is 8.79. The van der Waals surface area contributed by atoms with E-state index in [1.807, 2.05) is 0 Å². The maximum absolute atomic E-state index is 1.64. The molecule has 4 aliphatic rings. The minimum atomic E-state index is 1.12. The number of hydrogen-bond donors (Lipinski definition) is 0. The molecule has 0 radical (unpaired) electrons. The highest BCUT2D eigenvalue weighted by Crippen LogP contribution is 2.56. The van der Waals surface area contributed by atoms with Crippen LogP contribution in [0.4, 0.5) is 0 Å². The largest absolute Gasteiger partial charge is 0.0533 e. The van der Waals surface area contributed by atoms with Gasteiger partial charge in [0.05, 0.1) is 0 Å². The highest BCUT2D eigenvalue weighted by Gasteiger charge is 2.46. The highest BCUT2D eigenvalue weighted by atomic mass is 14.5. The van der Waals surface area contributed by atoms with E-state index in [0.29, 0.717) is 0 Å². The maximum atomic E-state index is 1.64. The minimum Gasteiger partial charge on any atom is -0.0533 e. The third kappa shape index (κ3) is 2.69. The summed E-state index contributed by atoms with van der Waals surface area (Å²) in [5.41, 5.74) is 0. The van der Waals surface area contributed by atoms with Gasteiger partial charge in [-0.05, 0) is 67.6 Å². The van der Waals surface area contributed by atoms with Gasteiger partial charge in [0.15, 0.2) is 0 Å². The van der Waals surface area contributed by atoms with Gasteiger partial charge in [-0.15, -0.1) is 0 Å². The third-order valence-electron chi connectivity index (χ3n) is 7.67. The molecule has 0 amide bonds. The van der Waals surface area contributed by atoms with E-state index in [4.69, 9.17) is 0 Å². The lowest BCUT2D eigenvalue weighted by molar-refractivity contribution is 0.127. The van der Waals surface area contributed by atoms with Gasteiger partial charge in [-0.2, -0.15) is 0 Å². The van der Waals surface area contributed by atoms with Crippen LogP contribution < -0.4 is 0 Å². The summed E-state index contributed by atoms with van der Waals surface area (Å²) >= 11 is 0. The molecule has 4 rings (SSSR count). The third-order valence-corrected chi connectivity index (χ3v) is 7.67. The van der Waals surface area contributed by atoms with Crippen molar-refractivity contribution >= 4 is 0 Å². The summed E-state index contributed by atoms with van der Waals surface area (Å²) in [6, 6.07) is 0. The molecule has 0 aliphatic heterocycles. The fourth-order valence-corrected chi connectivity index (χ4v) is 6.77. The van der Waals surface area contributed by atoms with Gasteiger partial charge in [-0.3, -0.25) is 0 Å². The SMILES string of the molecule is C1CCC(CC2CCC3CC4CCCCC4C3C2)CC1. The van der Waals surface area contributed by atoms with Crippen molar-refractivity contribution in [3.05, 3.63) is 0 Å². The molecule has 0 nitrogen and oxygen atoms in total. The Morgan fingerprint density at radius 1 is 0.500 bits per heavy atom. The van der Waals surface area contributed by atoms with Crippen molar-refractivity contribution in [2.24, 2.45) is 35.5 Å². The lowest BCUT2D eigenvalue weighted by atomic mass is 9.68. The quantitative estimate of drug-likeness (QED) is 0.562. The first-order chi connectivity index (χ1) is 9.90. The molecule has 0 heterocycles. The predicted molar refractivity (Wildman–Crippen MR) is 85.6 cm³/mol. The zero-order chi connectivity index (χ0) is 13.4. The van der Waals surface area contributed by atoms with Crippen LogP contribution in [0.2, 0.25) is 0 Å². The van der Waals surface area contributed by atoms with E-state index in [1.54, 1.807) is 70.6 Å². The van der Waals surface area contributed by atoms with Crippen LogP contribution in [-0.4, -0.2) is 0 Å². The molecule has 5 atom stereocenters. The van der Waals surface area contributed by atoms with Crippen molar-refractivity contribution < 1.29 is 0 Å². The van der Waals surface area contributed by atoms with E-state index in [2.05, 4.69) is 0 Å². The van der Waals surface area contributed by atoms with Gasteiger partial charge in [0.1, 0.15) is 0 Å². The first-order valence-corrected chi connectivity index (χ1v) is 9.90. The van der Waals surface area contributed by atoms with Gasteiger partial charge < -0.3 is 0 Å². The van der Waals surface area contributed by atoms with E-state index >= 15 is 0 Å². The molecule has 4 saturated carbocycles. The Kier molecular flexibility index (Phi) is 4.10. The molecule has 0 spiro atoms. The van der Waals surface area contributed by atoms with Gasteiger partial charge in [0.2, 0.25) is 0 Å². The molecule has 0 aromatic carbocycles. The molecule has 4 aliphatic carbocycles. The van der Waals surface area contributed by atoms with Crippen LogP contribution in [0.5, 0.6) is 0 Å². The van der Waals surface area contributed by atoms with Gasteiger partial charge in [-0.25, -0.2) is 0 Å². The molecule has 4 fully saturated rings. The molecule has 0 aromatic heterocycles. The molecule has 0 saturated heterocycles. The van der Waals surface area contributed by atoms with Gasteiger partial charge in [0, 0.05) is 0 Å². The van der Waals surface area contributed by atoms with Crippen molar-refractivity contribution in [3.63, 3.8) is 0 Å². The second-order valence-electron chi connectivity index (χ2n) is 8.79. The molecule has 0 heteroatoms. The lowest BCUT2D eigenvalue weighted by Crippen LogP contribution is -2.28. The van der Waals surface area contributed by atoms with Crippen LogP contribution in [0.25, 0.3) is 0 Å². The van der Waals surface area contributed by atoms with Crippen LogP contribution >= 0.6 is 0 Å². The van der Waals surface area contributed by atoms with Crippen molar-refractivity contribution in [1.29, 1.82) is 0 Å². The normalized spacial score (nSPS) is 45.9. The molecular formula is C20H34. The molecule has 0 aromatic rings. The first kappa shape index (κ1) is 13.6. The Morgan fingerprint density at radius 3 is 2.15 bits per heavy atom. The minimum absolute atomic E-state index is 1.12. The summed E-state index contributed by atoms with van der Waals surface area (Å²) in [4.78, 5) is 0. The van der Waals surface area contributed by atoms with Crippen molar-refractivity contribution in [3.8, 4) is 0 Å². The second kappa shape index (κ2) is 6.01. The van der Waals surface area contributed by atoms with Crippen LogP contribution in [0, 0.1) is 35.5 Å². The average Bonchev–Trinajstić information content (AvgIpc) is 2.86. The van der Waals surface area contributed by atoms with Crippen molar-refractivity contribution in [1.82, 2.24) is 0 Å². The summed E-state index contributed by atoms with van der Waals surface area (Å²) in [5.74, 6) is 6.90. The summed E-state index contributed by atoms with van der Waals surface area (Å²) in [5, 5.41) is 0. The van der Waals surface area contributed by atoms with Crippen LogP contribution in [0.3, 0.4) is 0 Å². The van der Waals surface area contributed by atoms with Crippen LogP contribution in [0.15, 0.2) is 0 Å². The van der Waals surface area contributed by atoms with Crippen LogP contribution in [-0.2, 0) is 0 Å². The molecule has 114 valence electrons. The lowest BCUT2D eigenvalue weighted by Gasteiger charge is -2.38. The number of rotatable bonds is 2.